The lowest BCUT2D eigenvalue weighted by atomic mass is 9.93. The van der Waals surface area contributed by atoms with Crippen LogP contribution in [0.4, 0.5) is 0 Å². The number of hydrogen-bond donors (Lipinski definition) is 2. The molecular formula is C14H18N2O2. The summed E-state index contributed by atoms with van der Waals surface area (Å²) in [6.07, 6.45) is 1.65. The Labute approximate surface area is 107 Å². The topological polar surface area (TPSA) is 72.2 Å². The Kier molecular flexibility index (Phi) is 3.11. The second-order valence-electron chi connectivity index (χ2n) is 5.05. The van der Waals surface area contributed by atoms with E-state index in [0.29, 0.717) is 0 Å². The third-order valence-electron chi connectivity index (χ3n) is 3.53. The molecule has 2 amide bonds. The van der Waals surface area contributed by atoms with Crippen LogP contribution in [0.3, 0.4) is 0 Å². The highest BCUT2D eigenvalue weighted by molar-refractivity contribution is 5.94. The van der Waals surface area contributed by atoms with E-state index in [1.54, 1.807) is 6.92 Å². The van der Waals surface area contributed by atoms with E-state index in [9.17, 15) is 9.59 Å². The molecule has 0 aromatic heterocycles. The molecule has 0 unspecified atom stereocenters. The summed E-state index contributed by atoms with van der Waals surface area (Å²) in [7, 11) is 0. The van der Waals surface area contributed by atoms with E-state index in [-0.39, 0.29) is 5.91 Å². The van der Waals surface area contributed by atoms with Crippen LogP contribution >= 0.6 is 0 Å². The first-order valence-electron chi connectivity index (χ1n) is 6.13. The fourth-order valence-electron chi connectivity index (χ4n) is 2.12. The molecule has 0 saturated heterocycles. The lowest BCUT2D eigenvalue weighted by Gasteiger charge is -2.18. The molecular weight excluding hydrogens is 228 g/mol. The highest BCUT2D eigenvalue weighted by Crippen LogP contribution is 2.48. The second-order valence-corrected chi connectivity index (χ2v) is 5.05. The van der Waals surface area contributed by atoms with Crippen LogP contribution in [0, 0.1) is 6.92 Å². The molecule has 18 heavy (non-hydrogen) atoms. The monoisotopic (exact) mass is 246 g/mol. The molecule has 1 aromatic carbocycles. The van der Waals surface area contributed by atoms with E-state index in [2.05, 4.69) is 5.32 Å². The zero-order valence-electron chi connectivity index (χ0n) is 10.7. The molecule has 96 valence electrons. The van der Waals surface area contributed by atoms with Crippen LogP contribution in [0.1, 0.15) is 30.9 Å². The number of benzene rings is 1. The Balaban J connectivity index is 2.17. The van der Waals surface area contributed by atoms with Gasteiger partial charge in [-0.05, 0) is 32.3 Å². The molecule has 0 bridgehead atoms. The number of nitrogens with two attached hydrogens (primary N) is 1. The van der Waals surface area contributed by atoms with Crippen molar-refractivity contribution >= 4 is 11.8 Å². The number of amides is 2. The van der Waals surface area contributed by atoms with Crippen molar-refractivity contribution in [1.29, 1.82) is 0 Å². The highest BCUT2D eigenvalue weighted by atomic mass is 16.2. The van der Waals surface area contributed by atoms with Crippen LogP contribution in [-0.2, 0) is 15.0 Å². The first-order chi connectivity index (χ1) is 8.45. The average molecular weight is 246 g/mol. The Morgan fingerprint density at radius 1 is 1.39 bits per heavy atom. The van der Waals surface area contributed by atoms with Gasteiger partial charge in [0.05, 0.1) is 5.41 Å². The summed E-state index contributed by atoms with van der Waals surface area (Å²) in [6.45, 7) is 3.61. The van der Waals surface area contributed by atoms with Crippen molar-refractivity contribution in [3.8, 4) is 0 Å². The molecule has 1 atom stereocenters. The number of hydrogen-bond acceptors (Lipinski definition) is 2. The zero-order chi connectivity index (χ0) is 13.3. The van der Waals surface area contributed by atoms with Gasteiger partial charge in [0.15, 0.2) is 0 Å². The normalized spacial score (nSPS) is 17.9. The lowest BCUT2D eigenvalue weighted by molar-refractivity contribution is -0.128. The maximum absolute atomic E-state index is 12.2. The minimum absolute atomic E-state index is 0.0978. The fourth-order valence-corrected chi connectivity index (χ4v) is 2.12. The van der Waals surface area contributed by atoms with E-state index in [1.165, 1.54) is 0 Å². The molecule has 1 aliphatic rings. The maximum atomic E-state index is 12.2. The summed E-state index contributed by atoms with van der Waals surface area (Å²) in [5.74, 6) is -0.609. The molecule has 0 aliphatic heterocycles. The smallest absolute Gasteiger partial charge is 0.239 e. The number of carbonyl (C=O) groups excluding carboxylic acids is 2. The predicted octanol–water partition coefficient (Wildman–Crippen LogP) is 1.02. The van der Waals surface area contributed by atoms with Crippen molar-refractivity contribution in [3.05, 3.63) is 35.4 Å². The van der Waals surface area contributed by atoms with Crippen molar-refractivity contribution in [2.45, 2.75) is 38.1 Å². The molecule has 1 aliphatic carbocycles. The second kappa shape index (κ2) is 4.44. The molecule has 2 rings (SSSR count). The van der Waals surface area contributed by atoms with Gasteiger partial charge in [-0.3, -0.25) is 9.59 Å². The average Bonchev–Trinajstić information content (AvgIpc) is 3.09. The third kappa shape index (κ3) is 2.23. The molecule has 1 saturated carbocycles. The number of primary amides is 1. The summed E-state index contributed by atoms with van der Waals surface area (Å²) < 4.78 is 0. The van der Waals surface area contributed by atoms with Crippen molar-refractivity contribution in [2.24, 2.45) is 5.73 Å². The molecule has 1 fully saturated rings. The number of rotatable bonds is 4. The molecule has 4 nitrogen and oxygen atoms in total. The van der Waals surface area contributed by atoms with Crippen LogP contribution in [0.2, 0.25) is 0 Å². The Morgan fingerprint density at radius 2 is 2.06 bits per heavy atom. The molecule has 4 heteroatoms. The molecule has 0 heterocycles. The zero-order valence-corrected chi connectivity index (χ0v) is 10.7. The third-order valence-corrected chi connectivity index (χ3v) is 3.53. The molecule has 3 N–H and O–H groups in total. The quantitative estimate of drug-likeness (QED) is 0.832. The van der Waals surface area contributed by atoms with Crippen LogP contribution in [-0.4, -0.2) is 17.9 Å². The number of carbonyl (C=O) groups is 2. The summed E-state index contributed by atoms with van der Waals surface area (Å²) in [4.78, 5) is 23.2. The summed E-state index contributed by atoms with van der Waals surface area (Å²) in [6, 6.07) is 7.33. The minimum Gasteiger partial charge on any atom is -0.368 e. The molecule has 0 spiro atoms. The van der Waals surface area contributed by atoms with Gasteiger partial charge >= 0.3 is 0 Å². The van der Waals surface area contributed by atoms with Gasteiger partial charge in [-0.25, -0.2) is 0 Å². The number of nitrogens with one attached hydrogen (secondary N) is 1. The van der Waals surface area contributed by atoms with Gasteiger partial charge in [0, 0.05) is 0 Å². The van der Waals surface area contributed by atoms with Crippen molar-refractivity contribution < 1.29 is 9.59 Å². The molecule has 0 radical (unpaired) electrons. The van der Waals surface area contributed by atoms with Crippen molar-refractivity contribution in [2.75, 3.05) is 0 Å². The largest absolute Gasteiger partial charge is 0.368 e. The van der Waals surface area contributed by atoms with Gasteiger partial charge < -0.3 is 11.1 Å². The Hall–Kier alpha value is -1.84. The van der Waals surface area contributed by atoms with Gasteiger partial charge in [-0.15, -0.1) is 0 Å². The van der Waals surface area contributed by atoms with Crippen molar-refractivity contribution in [3.63, 3.8) is 0 Å². The van der Waals surface area contributed by atoms with Gasteiger partial charge in [0.25, 0.3) is 0 Å². The standard InChI is InChI=1S/C14H18N2O2/c1-9-4-3-5-11(8-9)14(6-7-14)13(18)16-10(2)12(15)17/h3-5,8,10H,6-7H2,1-2H3,(H2,15,17)(H,16,18)/t10-/m1/s1. The molecule has 1 aromatic rings. The first kappa shape index (κ1) is 12.6. The summed E-state index contributed by atoms with van der Waals surface area (Å²) >= 11 is 0. The van der Waals surface area contributed by atoms with Crippen molar-refractivity contribution in [1.82, 2.24) is 5.32 Å². The van der Waals surface area contributed by atoms with E-state index in [1.807, 2.05) is 31.2 Å². The van der Waals surface area contributed by atoms with Crippen LogP contribution in [0.15, 0.2) is 24.3 Å². The van der Waals surface area contributed by atoms with Gasteiger partial charge in [-0.1, -0.05) is 29.8 Å². The highest BCUT2D eigenvalue weighted by Gasteiger charge is 2.51. The SMILES string of the molecule is Cc1cccc(C2(C(=O)N[C@H](C)C(N)=O)CC2)c1. The summed E-state index contributed by atoms with van der Waals surface area (Å²) in [5.41, 5.74) is 6.87. The predicted molar refractivity (Wildman–Crippen MR) is 68.9 cm³/mol. The number of aryl methyl sites for hydroxylation is 1. The summed E-state index contributed by atoms with van der Waals surface area (Å²) in [5, 5.41) is 2.69. The Morgan fingerprint density at radius 3 is 2.56 bits per heavy atom. The van der Waals surface area contributed by atoms with Crippen LogP contribution < -0.4 is 11.1 Å². The Bertz CT molecular complexity index is 492. The minimum atomic E-state index is -0.625. The van der Waals surface area contributed by atoms with E-state index in [0.717, 1.165) is 24.0 Å². The van der Waals surface area contributed by atoms with E-state index >= 15 is 0 Å². The van der Waals surface area contributed by atoms with E-state index < -0.39 is 17.4 Å². The first-order valence-corrected chi connectivity index (χ1v) is 6.13. The fraction of sp³-hybridized carbons (Fsp3) is 0.429. The van der Waals surface area contributed by atoms with Crippen LogP contribution in [0.5, 0.6) is 0 Å². The lowest BCUT2D eigenvalue weighted by Crippen LogP contribution is -2.46. The van der Waals surface area contributed by atoms with Crippen LogP contribution in [0.25, 0.3) is 0 Å². The van der Waals surface area contributed by atoms with E-state index in [4.69, 9.17) is 5.73 Å². The van der Waals surface area contributed by atoms with Gasteiger partial charge in [0.2, 0.25) is 11.8 Å². The van der Waals surface area contributed by atoms with Gasteiger partial charge in [-0.2, -0.15) is 0 Å². The maximum Gasteiger partial charge on any atom is 0.239 e. The van der Waals surface area contributed by atoms with Gasteiger partial charge in [0.1, 0.15) is 6.04 Å².